The number of nitrogens with one attached hydrogen (secondary N) is 2. The molecule has 2 N–H and O–H groups in total. The van der Waals surface area contributed by atoms with Gasteiger partial charge in [0.1, 0.15) is 5.75 Å². The van der Waals surface area contributed by atoms with Crippen LogP contribution in [0.2, 0.25) is 0 Å². The second kappa shape index (κ2) is 11.6. The van der Waals surface area contributed by atoms with Gasteiger partial charge in [0.25, 0.3) is 0 Å². The number of halogens is 4. The number of amides is 3. The van der Waals surface area contributed by atoms with E-state index in [1.54, 1.807) is 7.05 Å². The van der Waals surface area contributed by atoms with Crippen molar-refractivity contribution in [1.29, 1.82) is 0 Å². The number of carbonyl (C=O) groups excluding carboxylic acids is 2. The van der Waals surface area contributed by atoms with Gasteiger partial charge in [-0.25, -0.2) is 4.79 Å². The lowest BCUT2D eigenvalue weighted by molar-refractivity contribution is -0.116. The quantitative estimate of drug-likeness (QED) is 0.543. The normalized spacial score (nSPS) is 10.7. The molecule has 7 nitrogen and oxygen atoms in total. The first kappa shape index (κ1) is 23.8. The lowest BCUT2D eigenvalue weighted by atomic mass is 10.2. The topological polar surface area (TPSA) is 79.9 Å². The van der Waals surface area contributed by atoms with Crippen molar-refractivity contribution in [3.05, 3.63) is 54.1 Å². The van der Waals surface area contributed by atoms with Crippen molar-refractivity contribution in [1.82, 2.24) is 10.2 Å². The Morgan fingerprint density at radius 1 is 1.00 bits per heavy atom. The Hall–Kier alpha value is -3.50. The Kier molecular flexibility index (Phi) is 8.92. The Morgan fingerprint density at radius 2 is 1.68 bits per heavy atom. The number of hydrogen-bond acceptors (Lipinski definition) is 4. The van der Waals surface area contributed by atoms with Crippen molar-refractivity contribution < 1.29 is 36.6 Å². The highest BCUT2D eigenvalue weighted by Crippen LogP contribution is 2.31. The van der Waals surface area contributed by atoms with Crippen molar-refractivity contribution >= 4 is 17.6 Å². The van der Waals surface area contributed by atoms with Crippen LogP contribution in [0.4, 0.5) is 28.0 Å². The van der Waals surface area contributed by atoms with E-state index in [0.717, 1.165) is 23.8 Å². The third-order valence-electron chi connectivity index (χ3n) is 3.91. The standard InChI is InChI=1S/C20H21F4N3O4/c1-27(12-13-5-3-2-4-6-13)20(29)25-10-9-17(28)26-15-8-7-14(30-18(21)22)11-16(15)31-19(23)24/h2-8,11,18-19H,9-10,12H2,1H3,(H,25,29)(H,26,28). The molecule has 0 saturated carbocycles. The van der Waals surface area contributed by atoms with E-state index in [4.69, 9.17) is 0 Å². The van der Waals surface area contributed by atoms with Gasteiger partial charge in [-0.2, -0.15) is 17.6 Å². The minimum atomic E-state index is -3.24. The molecule has 0 atom stereocenters. The number of hydrogen-bond donors (Lipinski definition) is 2. The summed E-state index contributed by atoms with van der Waals surface area (Å²) in [6.45, 7) is -6.03. The highest BCUT2D eigenvalue weighted by Gasteiger charge is 2.16. The van der Waals surface area contributed by atoms with Gasteiger partial charge in [0.15, 0.2) is 5.75 Å². The molecule has 0 bridgehead atoms. The molecule has 11 heteroatoms. The minimum Gasteiger partial charge on any atom is -0.435 e. The molecule has 168 valence electrons. The number of benzene rings is 2. The average molecular weight is 443 g/mol. The van der Waals surface area contributed by atoms with Crippen molar-refractivity contribution in [3.8, 4) is 11.5 Å². The lowest BCUT2D eigenvalue weighted by Crippen LogP contribution is -2.38. The Labute approximate surface area is 175 Å². The molecule has 0 aliphatic carbocycles. The van der Waals surface area contributed by atoms with Crippen molar-refractivity contribution in [3.63, 3.8) is 0 Å². The molecule has 31 heavy (non-hydrogen) atoms. The summed E-state index contributed by atoms with van der Waals surface area (Å²) in [7, 11) is 1.60. The van der Waals surface area contributed by atoms with Gasteiger partial charge in [-0.05, 0) is 17.7 Å². The zero-order valence-corrected chi connectivity index (χ0v) is 16.5. The highest BCUT2D eigenvalue weighted by atomic mass is 19.3. The number of urea groups is 1. The van der Waals surface area contributed by atoms with Gasteiger partial charge in [0, 0.05) is 32.6 Å². The fourth-order valence-corrected chi connectivity index (χ4v) is 2.54. The minimum absolute atomic E-state index is 0.0125. The van der Waals surface area contributed by atoms with Gasteiger partial charge in [-0.15, -0.1) is 0 Å². The van der Waals surface area contributed by atoms with E-state index in [2.05, 4.69) is 20.1 Å². The summed E-state index contributed by atoms with van der Waals surface area (Å²) in [5.41, 5.74) is 0.781. The van der Waals surface area contributed by atoms with Gasteiger partial charge >= 0.3 is 19.3 Å². The maximum absolute atomic E-state index is 12.6. The predicted octanol–water partition coefficient (Wildman–Crippen LogP) is 4.06. The zero-order valence-electron chi connectivity index (χ0n) is 16.5. The van der Waals surface area contributed by atoms with Crippen LogP contribution in [0.25, 0.3) is 0 Å². The fourth-order valence-electron chi connectivity index (χ4n) is 2.54. The van der Waals surface area contributed by atoms with E-state index >= 15 is 0 Å². The second-order valence-corrected chi connectivity index (χ2v) is 6.29. The first-order chi connectivity index (χ1) is 14.7. The van der Waals surface area contributed by atoms with E-state index in [9.17, 15) is 27.2 Å². The molecule has 3 amide bonds. The molecule has 0 heterocycles. The lowest BCUT2D eigenvalue weighted by Gasteiger charge is -2.18. The van der Waals surface area contributed by atoms with Crippen LogP contribution in [0.15, 0.2) is 48.5 Å². The number of alkyl halides is 4. The fraction of sp³-hybridized carbons (Fsp3) is 0.300. The largest absolute Gasteiger partial charge is 0.435 e. The van der Waals surface area contributed by atoms with Crippen molar-refractivity contribution in [2.24, 2.45) is 0 Å². The van der Waals surface area contributed by atoms with Crippen LogP contribution in [0.3, 0.4) is 0 Å². The first-order valence-corrected chi connectivity index (χ1v) is 9.11. The molecular weight excluding hydrogens is 422 g/mol. The first-order valence-electron chi connectivity index (χ1n) is 9.11. The molecule has 0 spiro atoms. The molecule has 2 aromatic rings. The molecular formula is C20H21F4N3O4. The molecule has 0 aliphatic heterocycles. The second-order valence-electron chi connectivity index (χ2n) is 6.29. The predicted molar refractivity (Wildman–Crippen MR) is 104 cm³/mol. The summed E-state index contributed by atoms with van der Waals surface area (Å²) in [6, 6.07) is 11.9. The van der Waals surface area contributed by atoms with Gasteiger partial charge in [-0.1, -0.05) is 30.3 Å². The molecule has 0 aromatic heterocycles. The van der Waals surface area contributed by atoms with Gasteiger partial charge in [-0.3, -0.25) is 4.79 Å². The molecule has 0 aliphatic rings. The van der Waals surface area contributed by atoms with E-state index < -0.39 is 36.7 Å². The number of anilines is 1. The monoisotopic (exact) mass is 443 g/mol. The summed E-state index contributed by atoms with van der Waals surface area (Å²) in [5.74, 6) is -1.54. The van der Waals surface area contributed by atoms with Crippen LogP contribution >= 0.6 is 0 Å². The smallest absolute Gasteiger partial charge is 0.387 e. The zero-order chi connectivity index (χ0) is 22.8. The average Bonchev–Trinajstić information content (AvgIpc) is 2.69. The number of nitrogens with zero attached hydrogens (tertiary/aromatic N) is 1. The van der Waals surface area contributed by atoms with Gasteiger partial charge in [0.05, 0.1) is 5.69 Å². The van der Waals surface area contributed by atoms with E-state index in [0.29, 0.717) is 6.54 Å². The molecule has 2 rings (SSSR count). The Balaban J connectivity index is 1.86. The van der Waals surface area contributed by atoms with Crippen LogP contribution in [-0.2, 0) is 11.3 Å². The van der Waals surface area contributed by atoms with Crippen LogP contribution in [-0.4, -0.2) is 43.7 Å². The van der Waals surface area contributed by atoms with Gasteiger partial charge in [0.2, 0.25) is 5.91 Å². The maximum Gasteiger partial charge on any atom is 0.387 e. The van der Waals surface area contributed by atoms with Crippen LogP contribution in [0.1, 0.15) is 12.0 Å². The summed E-state index contributed by atoms with van der Waals surface area (Å²) >= 11 is 0. The van der Waals surface area contributed by atoms with Crippen LogP contribution in [0, 0.1) is 0 Å². The Bertz CT molecular complexity index is 869. The van der Waals surface area contributed by atoms with Crippen molar-refractivity contribution in [2.75, 3.05) is 18.9 Å². The summed E-state index contributed by atoms with van der Waals surface area (Å²) < 4.78 is 58.1. The molecule has 0 saturated heterocycles. The number of ether oxygens (including phenoxy) is 2. The van der Waals surface area contributed by atoms with Crippen LogP contribution < -0.4 is 20.1 Å². The third-order valence-corrected chi connectivity index (χ3v) is 3.91. The Morgan fingerprint density at radius 3 is 2.32 bits per heavy atom. The van der Waals surface area contributed by atoms with Crippen LogP contribution in [0.5, 0.6) is 11.5 Å². The SMILES string of the molecule is CN(Cc1ccccc1)C(=O)NCCC(=O)Nc1ccc(OC(F)F)cc1OC(F)F. The van der Waals surface area contributed by atoms with Gasteiger partial charge < -0.3 is 25.0 Å². The van der Waals surface area contributed by atoms with E-state index in [1.807, 2.05) is 30.3 Å². The summed E-state index contributed by atoms with van der Waals surface area (Å²) in [6.07, 6.45) is -0.158. The van der Waals surface area contributed by atoms with E-state index in [-0.39, 0.29) is 18.7 Å². The summed E-state index contributed by atoms with van der Waals surface area (Å²) in [5, 5.41) is 4.90. The highest BCUT2D eigenvalue weighted by molar-refractivity contribution is 5.92. The molecule has 2 aromatic carbocycles. The maximum atomic E-state index is 12.6. The van der Waals surface area contributed by atoms with Crippen molar-refractivity contribution in [2.45, 2.75) is 26.2 Å². The number of carbonyl (C=O) groups is 2. The summed E-state index contributed by atoms with van der Waals surface area (Å²) in [4.78, 5) is 25.6. The number of rotatable bonds is 10. The molecule has 0 fully saturated rings. The molecule has 0 radical (unpaired) electrons. The van der Waals surface area contributed by atoms with E-state index in [1.165, 1.54) is 4.90 Å². The third kappa shape index (κ3) is 8.41. The molecule has 0 unspecified atom stereocenters.